The number of benzene rings is 11. The van der Waals surface area contributed by atoms with Crippen molar-refractivity contribution < 1.29 is 0 Å². The summed E-state index contributed by atoms with van der Waals surface area (Å²) in [5.74, 6) is 0. The molecule has 0 unspecified atom stereocenters. The molecule has 0 N–H and O–H groups in total. The van der Waals surface area contributed by atoms with Crippen molar-refractivity contribution in [3.63, 3.8) is 0 Å². The Hall–Kier alpha value is -8.04. The predicted molar refractivity (Wildman–Crippen MR) is 315 cm³/mol. The molecule has 1 aromatic heterocycles. The summed E-state index contributed by atoms with van der Waals surface area (Å²) in [6, 6.07) is 89.5. The van der Waals surface area contributed by atoms with Gasteiger partial charge in [0.05, 0.1) is 5.41 Å². The SMILES string of the molecule is CC(C)(C)c1ccc(C2(c3ccc(C(C)(C)C)cc3)c3ccccc3-c3ccc(N(c4ccc(-c5ccc6cc(-c7ccc8ccccc8c7)ccc6c5)cc4)c4ccc5sc6ccccc6c5c4)cc32)cc1. The van der Waals surface area contributed by atoms with Crippen LogP contribution in [0.1, 0.15) is 74.9 Å². The highest BCUT2D eigenvalue weighted by Crippen LogP contribution is 2.58. The first kappa shape index (κ1) is 44.9. The molecular formula is C71H57NS. The molecule has 0 aliphatic heterocycles. The van der Waals surface area contributed by atoms with Gasteiger partial charge in [0.2, 0.25) is 0 Å². The van der Waals surface area contributed by atoms with Crippen molar-refractivity contribution in [2.45, 2.75) is 57.8 Å². The normalized spacial score (nSPS) is 13.2. The van der Waals surface area contributed by atoms with Gasteiger partial charge < -0.3 is 4.90 Å². The van der Waals surface area contributed by atoms with Gasteiger partial charge >= 0.3 is 0 Å². The van der Waals surface area contributed by atoms with Gasteiger partial charge in [-0.05, 0) is 166 Å². The van der Waals surface area contributed by atoms with Crippen molar-refractivity contribution in [3.8, 4) is 33.4 Å². The molecule has 11 aromatic carbocycles. The molecule has 0 amide bonds. The molecule has 1 nitrogen and oxygen atoms in total. The Morgan fingerprint density at radius 1 is 0.329 bits per heavy atom. The van der Waals surface area contributed by atoms with Crippen LogP contribution in [-0.4, -0.2) is 0 Å². The maximum absolute atomic E-state index is 2.50. The second-order valence-electron chi connectivity index (χ2n) is 22.2. The Bertz CT molecular complexity index is 4030. The molecule has 0 spiro atoms. The van der Waals surface area contributed by atoms with E-state index in [1.54, 1.807) is 0 Å². The van der Waals surface area contributed by atoms with Gasteiger partial charge in [0, 0.05) is 37.2 Å². The zero-order valence-electron chi connectivity index (χ0n) is 42.4. The predicted octanol–water partition coefficient (Wildman–Crippen LogP) is 20.1. The van der Waals surface area contributed by atoms with Gasteiger partial charge in [-0.25, -0.2) is 0 Å². The molecule has 0 radical (unpaired) electrons. The van der Waals surface area contributed by atoms with Crippen molar-refractivity contribution in [2.75, 3.05) is 4.90 Å². The number of fused-ring (bicyclic) bond motifs is 8. The van der Waals surface area contributed by atoms with Gasteiger partial charge in [-0.1, -0.05) is 211 Å². The summed E-state index contributed by atoms with van der Waals surface area (Å²) in [4.78, 5) is 2.48. The van der Waals surface area contributed by atoms with E-state index in [-0.39, 0.29) is 10.8 Å². The van der Waals surface area contributed by atoms with E-state index in [2.05, 4.69) is 283 Å². The van der Waals surface area contributed by atoms with Crippen molar-refractivity contribution in [2.24, 2.45) is 0 Å². The average Bonchev–Trinajstić information content (AvgIpc) is 3.93. The summed E-state index contributed by atoms with van der Waals surface area (Å²) >= 11 is 1.86. The van der Waals surface area contributed by atoms with Crippen LogP contribution >= 0.6 is 11.3 Å². The third kappa shape index (κ3) is 7.58. The second kappa shape index (κ2) is 17.0. The minimum Gasteiger partial charge on any atom is -0.310 e. The van der Waals surface area contributed by atoms with Gasteiger partial charge in [0.25, 0.3) is 0 Å². The molecule has 12 aromatic rings. The molecule has 0 bridgehead atoms. The summed E-state index contributed by atoms with van der Waals surface area (Å²) in [6.45, 7) is 13.8. The van der Waals surface area contributed by atoms with E-state index in [1.807, 2.05) is 11.3 Å². The molecular weight excluding hydrogens is 899 g/mol. The molecule has 1 aliphatic rings. The standard InChI is InChI=1S/C71H57NS/c1-69(2,3)54-27-31-56(32-28-54)71(57-33-29-55(30-34-57)70(4,5)6)65-17-11-9-15-61(65)62-39-37-60(45-66(62)71)72(59-38-40-68-64(44-59)63-16-10-12-18-67(63)73-68)58-35-25-47(26-36-58)49-21-22-52-43-53(24-23-51(52)42-49)50-20-19-46-13-7-8-14-48(46)41-50/h7-45H,1-6H3. The number of hydrogen-bond acceptors (Lipinski definition) is 2. The zero-order chi connectivity index (χ0) is 49.6. The Morgan fingerprint density at radius 2 is 0.795 bits per heavy atom. The van der Waals surface area contributed by atoms with E-state index in [0.29, 0.717) is 0 Å². The number of nitrogens with zero attached hydrogens (tertiary/aromatic N) is 1. The lowest BCUT2D eigenvalue weighted by Crippen LogP contribution is -2.29. The van der Waals surface area contributed by atoms with Crippen LogP contribution in [0.5, 0.6) is 0 Å². The maximum atomic E-state index is 2.50. The van der Waals surface area contributed by atoms with Gasteiger partial charge in [0.15, 0.2) is 0 Å². The lowest BCUT2D eigenvalue weighted by molar-refractivity contribution is 0.588. The van der Waals surface area contributed by atoms with E-state index in [4.69, 9.17) is 0 Å². The fourth-order valence-electron chi connectivity index (χ4n) is 11.7. The first-order valence-corrected chi connectivity index (χ1v) is 26.5. The van der Waals surface area contributed by atoms with Crippen molar-refractivity contribution in [3.05, 3.63) is 270 Å². The Balaban J connectivity index is 0.960. The third-order valence-corrected chi connectivity index (χ3v) is 16.8. The molecule has 13 rings (SSSR count). The van der Waals surface area contributed by atoms with Gasteiger partial charge in [0.1, 0.15) is 0 Å². The van der Waals surface area contributed by atoms with Crippen LogP contribution in [-0.2, 0) is 16.2 Å². The van der Waals surface area contributed by atoms with Crippen molar-refractivity contribution in [1.82, 2.24) is 0 Å². The van der Waals surface area contributed by atoms with Crippen molar-refractivity contribution in [1.29, 1.82) is 0 Å². The summed E-state index contributed by atoms with van der Waals surface area (Å²) in [5.41, 5.74) is 18.1. The lowest BCUT2D eigenvalue weighted by atomic mass is 9.67. The highest BCUT2D eigenvalue weighted by molar-refractivity contribution is 7.25. The topological polar surface area (TPSA) is 3.24 Å². The number of hydrogen-bond donors (Lipinski definition) is 0. The first-order chi connectivity index (χ1) is 35.4. The second-order valence-corrected chi connectivity index (χ2v) is 23.3. The smallest absolute Gasteiger partial charge is 0.0714 e. The number of rotatable bonds is 7. The van der Waals surface area contributed by atoms with Crippen LogP contribution in [0.15, 0.2) is 237 Å². The van der Waals surface area contributed by atoms with E-state index >= 15 is 0 Å². The number of thiophene rings is 1. The lowest BCUT2D eigenvalue weighted by Gasteiger charge is -2.36. The van der Waals surface area contributed by atoms with Crippen LogP contribution in [0.25, 0.3) is 75.1 Å². The van der Waals surface area contributed by atoms with E-state index in [1.165, 1.54) is 108 Å². The van der Waals surface area contributed by atoms with E-state index in [0.717, 1.165) is 17.1 Å². The van der Waals surface area contributed by atoms with E-state index in [9.17, 15) is 0 Å². The quantitative estimate of drug-likeness (QED) is 0.154. The molecule has 1 aliphatic carbocycles. The van der Waals surface area contributed by atoms with Gasteiger partial charge in [-0.15, -0.1) is 11.3 Å². The largest absolute Gasteiger partial charge is 0.310 e. The van der Waals surface area contributed by atoms with Crippen LogP contribution in [0.2, 0.25) is 0 Å². The van der Waals surface area contributed by atoms with Gasteiger partial charge in [-0.2, -0.15) is 0 Å². The molecule has 2 heteroatoms. The third-order valence-electron chi connectivity index (χ3n) is 15.7. The molecule has 73 heavy (non-hydrogen) atoms. The molecule has 0 saturated heterocycles. The fraction of sp³-hybridized carbons (Fsp3) is 0.127. The Morgan fingerprint density at radius 3 is 1.44 bits per heavy atom. The zero-order valence-corrected chi connectivity index (χ0v) is 43.2. The minimum absolute atomic E-state index is 0.0287. The maximum Gasteiger partial charge on any atom is 0.0714 e. The van der Waals surface area contributed by atoms with Crippen LogP contribution in [0.4, 0.5) is 17.1 Å². The molecule has 0 atom stereocenters. The molecule has 0 saturated carbocycles. The summed E-state index contributed by atoms with van der Waals surface area (Å²) < 4.78 is 2.60. The van der Waals surface area contributed by atoms with Crippen LogP contribution in [0.3, 0.4) is 0 Å². The minimum atomic E-state index is -0.565. The molecule has 0 fully saturated rings. The highest BCUT2D eigenvalue weighted by Gasteiger charge is 2.46. The van der Waals surface area contributed by atoms with Crippen LogP contribution < -0.4 is 4.90 Å². The summed E-state index contributed by atoms with van der Waals surface area (Å²) in [7, 11) is 0. The monoisotopic (exact) mass is 955 g/mol. The average molecular weight is 956 g/mol. The van der Waals surface area contributed by atoms with Crippen molar-refractivity contribution >= 4 is 70.1 Å². The number of anilines is 3. The van der Waals surface area contributed by atoms with E-state index < -0.39 is 5.41 Å². The van der Waals surface area contributed by atoms with Crippen LogP contribution in [0, 0.1) is 0 Å². The Kier molecular flexibility index (Phi) is 10.5. The summed E-state index contributed by atoms with van der Waals surface area (Å²) in [6.07, 6.45) is 0. The van der Waals surface area contributed by atoms with Gasteiger partial charge in [-0.3, -0.25) is 0 Å². The molecule has 1 heterocycles. The first-order valence-electron chi connectivity index (χ1n) is 25.7. The summed E-state index contributed by atoms with van der Waals surface area (Å²) in [5, 5.41) is 7.56. The highest BCUT2D eigenvalue weighted by atomic mass is 32.1. The fourth-order valence-corrected chi connectivity index (χ4v) is 12.8. The molecule has 352 valence electrons. The Labute approximate surface area is 433 Å².